The van der Waals surface area contributed by atoms with Crippen molar-refractivity contribution in [2.24, 2.45) is 10.9 Å². The van der Waals surface area contributed by atoms with Gasteiger partial charge < -0.3 is 19.9 Å². The maximum Gasteiger partial charge on any atom is 0.193 e. The summed E-state index contributed by atoms with van der Waals surface area (Å²) in [7, 11) is 4.04. The second-order valence-corrected chi connectivity index (χ2v) is 7.90. The molecule has 27 heavy (non-hydrogen) atoms. The third kappa shape index (κ3) is 5.66. The number of piperidine rings is 1. The Labute approximate surface area is 162 Å². The first-order valence-corrected chi connectivity index (χ1v) is 10.1. The minimum Gasteiger partial charge on any atom is -0.367 e. The Kier molecular flexibility index (Phi) is 7.07. The highest BCUT2D eigenvalue weighted by Crippen LogP contribution is 2.25. The fraction of sp³-hybridized carbons (Fsp3) is 0.667. The van der Waals surface area contributed by atoms with Gasteiger partial charge in [0, 0.05) is 20.1 Å². The topological polar surface area (TPSA) is 40.1 Å². The predicted octanol–water partition coefficient (Wildman–Crippen LogP) is 2.89. The number of halogens is 1. The molecule has 2 aliphatic rings. The highest BCUT2D eigenvalue weighted by atomic mass is 19.1. The quantitative estimate of drug-likeness (QED) is 0.648. The van der Waals surface area contributed by atoms with Gasteiger partial charge in [-0.25, -0.2) is 4.39 Å². The van der Waals surface area contributed by atoms with E-state index in [4.69, 9.17) is 4.74 Å². The molecule has 0 spiro atoms. The first-order valence-electron chi connectivity index (χ1n) is 10.1. The second-order valence-electron chi connectivity index (χ2n) is 7.90. The number of hydrogen-bond acceptors (Lipinski definition) is 3. The lowest BCUT2D eigenvalue weighted by atomic mass is 9.94. The van der Waals surface area contributed by atoms with Gasteiger partial charge in [0.2, 0.25) is 0 Å². The zero-order valence-corrected chi connectivity index (χ0v) is 16.8. The molecule has 2 heterocycles. The summed E-state index contributed by atoms with van der Waals surface area (Å²) in [6.45, 7) is 6.98. The Hall–Kier alpha value is -1.66. The highest BCUT2D eigenvalue weighted by molar-refractivity contribution is 5.80. The van der Waals surface area contributed by atoms with Crippen molar-refractivity contribution >= 4 is 5.96 Å². The number of ether oxygens (including phenoxy) is 1. The average molecular weight is 377 g/mol. The number of morpholine rings is 1. The van der Waals surface area contributed by atoms with Crippen molar-refractivity contribution in [1.82, 2.24) is 15.1 Å². The Morgan fingerprint density at radius 3 is 2.59 bits per heavy atom. The van der Waals surface area contributed by atoms with Crippen molar-refractivity contribution in [3.05, 3.63) is 35.6 Å². The molecule has 0 amide bonds. The summed E-state index contributed by atoms with van der Waals surface area (Å²) >= 11 is 0. The number of likely N-dealkylation sites (tertiary alicyclic amines) is 1. The lowest BCUT2D eigenvalue weighted by Gasteiger charge is -2.39. The van der Waals surface area contributed by atoms with Gasteiger partial charge in [0.1, 0.15) is 11.9 Å². The predicted molar refractivity (Wildman–Crippen MR) is 107 cm³/mol. The molecule has 2 fully saturated rings. The molecule has 1 aromatic carbocycles. The van der Waals surface area contributed by atoms with Crippen molar-refractivity contribution in [3.63, 3.8) is 0 Å². The molecule has 0 saturated carbocycles. The van der Waals surface area contributed by atoms with E-state index < -0.39 is 0 Å². The maximum atomic E-state index is 13.2. The van der Waals surface area contributed by atoms with Crippen LogP contribution in [0, 0.1) is 11.7 Å². The molecule has 2 aliphatic heterocycles. The molecule has 1 N–H and O–H groups in total. The van der Waals surface area contributed by atoms with Crippen LogP contribution in [0.5, 0.6) is 0 Å². The van der Waals surface area contributed by atoms with Crippen molar-refractivity contribution in [2.45, 2.75) is 38.4 Å². The lowest BCUT2D eigenvalue weighted by Crippen LogP contribution is -2.51. The third-order valence-corrected chi connectivity index (χ3v) is 5.69. The van der Waals surface area contributed by atoms with Gasteiger partial charge in [0.15, 0.2) is 5.96 Å². The molecular formula is C21H33FN4O. The molecule has 5 nitrogen and oxygen atoms in total. The summed E-state index contributed by atoms with van der Waals surface area (Å²) in [5, 5.41) is 3.55. The van der Waals surface area contributed by atoms with Crippen LogP contribution in [-0.4, -0.2) is 68.7 Å². The Morgan fingerprint density at radius 1 is 1.22 bits per heavy atom. The van der Waals surface area contributed by atoms with Gasteiger partial charge >= 0.3 is 0 Å². The van der Waals surface area contributed by atoms with Crippen LogP contribution < -0.4 is 5.32 Å². The number of nitrogens with one attached hydrogen (secondary N) is 1. The summed E-state index contributed by atoms with van der Waals surface area (Å²) in [4.78, 5) is 9.16. The summed E-state index contributed by atoms with van der Waals surface area (Å²) in [6, 6.07) is 6.62. The molecule has 1 aromatic rings. The minimum atomic E-state index is -0.217. The molecule has 0 radical (unpaired) electrons. The lowest BCUT2D eigenvalue weighted by molar-refractivity contribution is -0.0605. The van der Waals surface area contributed by atoms with E-state index >= 15 is 0 Å². The third-order valence-electron chi connectivity index (χ3n) is 5.69. The highest BCUT2D eigenvalue weighted by Gasteiger charge is 2.28. The molecule has 0 aliphatic carbocycles. The Morgan fingerprint density at radius 2 is 1.93 bits per heavy atom. The fourth-order valence-corrected chi connectivity index (χ4v) is 4.06. The molecule has 2 unspecified atom stereocenters. The van der Waals surface area contributed by atoms with E-state index in [1.54, 1.807) is 0 Å². The van der Waals surface area contributed by atoms with Crippen LogP contribution in [-0.2, 0) is 4.74 Å². The van der Waals surface area contributed by atoms with Crippen LogP contribution in [0.2, 0.25) is 0 Å². The summed E-state index contributed by atoms with van der Waals surface area (Å²) in [5.41, 5.74) is 1.01. The SMILES string of the molecule is CN=C(NCCC1CCN(C)CC1)N1CC(C)OC(c2ccc(F)cc2)C1. The van der Waals surface area contributed by atoms with E-state index in [2.05, 4.69) is 34.1 Å². The minimum absolute atomic E-state index is 0.0678. The van der Waals surface area contributed by atoms with Gasteiger partial charge in [0.05, 0.1) is 12.6 Å². The van der Waals surface area contributed by atoms with Crippen molar-refractivity contribution in [3.8, 4) is 0 Å². The number of rotatable bonds is 4. The van der Waals surface area contributed by atoms with Crippen LogP contribution in [0.4, 0.5) is 4.39 Å². The van der Waals surface area contributed by atoms with Crippen LogP contribution in [0.15, 0.2) is 29.3 Å². The zero-order chi connectivity index (χ0) is 19.2. The summed E-state index contributed by atoms with van der Waals surface area (Å²) in [6.07, 6.45) is 3.80. The van der Waals surface area contributed by atoms with Gasteiger partial charge in [-0.05, 0) is 69.9 Å². The Bertz CT molecular complexity index is 613. The molecule has 0 aromatic heterocycles. The number of hydrogen-bond donors (Lipinski definition) is 1. The monoisotopic (exact) mass is 376 g/mol. The van der Waals surface area contributed by atoms with Gasteiger partial charge in [-0.1, -0.05) is 12.1 Å². The Balaban J connectivity index is 1.53. The smallest absolute Gasteiger partial charge is 0.193 e. The van der Waals surface area contributed by atoms with Crippen LogP contribution in [0.3, 0.4) is 0 Å². The van der Waals surface area contributed by atoms with Gasteiger partial charge in [-0.3, -0.25) is 4.99 Å². The standard InChI is InChI=1S/C21H33FN4O/c1-16-14-26(15-20(27-16)18-4-6-19(22)7-5-18)21(23-2)24-11-8-17-9-12-25(3)13-10-17/h4-7,16-17,20H,8-15H2,1-3H3,(H,23,24). The van der Waals surface area contributed by atoms with Crippen LogP contribution in [0.1, 0.15) is 37.9 Å². The van der Waals surface area contributed by atoms with Crippen molar-refractivity contribution < 1.29 is 9.13 Å². The molecule has 3 rings (SSSR count). The van der Waals surface area contributed by atoms with E-state index in [0.29, 0.717) is 0 Å². The molecule has 2 saturated heterocycles. The normalized spacial score (nSPS) is 25.6. The van der Waals surface area contributed by atoms with Crippen LogP contribution in [0.25, 0.3) is 0 Å². The van der Waals surface area contributed by atoms with Crippen molar-refractivity contribution in [2.75, 3.05) is 46.8 Å². The number of nitrogens with zero attached hydrogens (tertiary/aromatic N) is 3. The van der Waals surface area contributed by atoms with E-state index in [9.17, 15) is 4.39 Å². The van der Waals surface area contributed by atoms with E-state index in [-0.39, 0.29) is 18.0 Å². The first-order chi connectivity index (χ1) is 13.0. The van der Waals surface area contributed by atoms with Crippen LogP contribution >= 0.6 is 0 Å². The molecule has 2 atom stereocenters. The average Bonchev–Trinajstić information content (AvgIpc) is 2.67. The largest absolute Gasteiger partial charge is 0.367 e. The zero-order valence-electron chi connectivity index (χ0n) is 16.8. The fourth-order valence-electron chi connectivity index (χ4n) is 4.06. The summed E-state index contributed by atoms with van der Waals surface area (Å²) in [5.74, 6) is 1.53. The number of aliphatic imine (C=N–C) groups is 1. The van der Waals surface area contributed by atoms with E-state index in [0.717, 1.165) is 37.1 Å². The molecular weight excluding hydrogens is 343 g/mol. The van der Waals surface area contributed by atoms with E-state index in [1.165, 1.54) is 44.5 Å². The van der Waals surface area contributed by atoms with E-state index in [1.807, 2.05) is 19.2 Å². The van der Waals surface area contributed by atoms with Gasteiger partial charge in [-0.2, -0.15) is 0 Å². The van der Waals surface area contributed by atoms with Gasteiger partial charge in [0.25, 0.3) is 0 Å². The first kappa shape index (κ1) is 20.1. The molecule has 0 bridgehead atoms. The molecule has 150 valence electrons. The van der Waals surface area contributed by atoms with Crippen molar-refractivity contribution in [1.29, 1.82) is 0 Å². The number of benzene rings is 1. The second kappa shape index (κ2) is 9.51. The van der Waals surface area contributed by atoms with Gasteiger partial charge in [-0.15, -0.1) is 0 Å². The molecule has 6 heteroatoms. The number of guanidine groups is 1. The maximum absolute atomic E-state index is 13.2. The summed E-state index contributed by atoms with van der Waals surface area (Å²) < 4.78 is 19.3.